The molecule has 0 bridgehead atoms. The molecule has 0 aromatic carbocycles. The molecule has 0 amide bonds. The van der Waals surface area contributed by atoms with E-state index in [1.807, 2.05) is 0 Å². The minimum absolute atomic E-state index is 0.267. The first-order valence-electron chi connectivity index (χ1n) is 6.28. The van der Waals surface area contributed by atoms with Crippen molar-refractivity contribution in [2.24, 2.45) is 11.8 Å². The van der Waals surface area contributed by atoms with Gasteiger partial charge in [0.05, 0.1) is 12.0 Å². The van der Waals surface area contributed by atoms with E-state index < -0.39 is 0 Å². The van der Waals surface area contributed by atoms with Gasteiger partial charge in [0.1, 0.15) is 0 Å². The van der Waals surface area contributed by atoms with Crippen LogP contribution in [0.2, 0.25) is 0 Å². The van der Waals surface area contributed by atoms with Crippen LogP contribution in [0.3, 0.4) is 0 Å². The molecule has 0 saturated heterocycles. The van der Waals surface area contributed by atoms with Crippen LogP contribution in [0, 0.1) is 23.2 Å². The fraction of sp³-hybridized carbons (Fsp3) is 0.923. The molecule has 1 aliphatic rings. The second kappa shape index (κ2) is 6.12. The highest BCUT2D eigenvalue weighted by Crippen LogP contribution is 2.31. The van der Waals surface area contributed by atoms with E-state index >= 15 is 0 Å². The fourth-order valence-corrected chi connectivity index (χ4v) is 2.56. The van der Waals surface area contributed by atoms with Crippen LogP contribution in [0.4, 0.5) is 0 Å². The lowest BCUT2D eigenvalue weighted by molar-refractivity contribution is 0.129. The Morgan fingerprint density at radius 1 is 1.40 bits per heavy atom. The topological polar surface area (TPSA) is 27.0 Å². The maximum Gasteiger partial charge on any atom is 0.0672 e. The van der Waals surface area contributed by atoms with Gasteiger partial charge in [-0.05, 0) is 45.2 Å². The summed E-state index contributed by atoms with van der Waals surface area (Å²) in [6, 6.07) is 3.00. The molecule has 0 aliphatic heterocycles. The normalized spacial score (nSPS) is 31.5. The third-order valence-electron chi connectivity index (χ3n) is 3.68. The standard InChI is InChI=1S/C13H24N2/c1-4-5-8-15(3)13-9-11(2)6-7-12(13)10-14/h11-13H,4-9H2,1-3H3. The number of hydrogen-bond donors (Lipinski definition) is 0. The number of rotatable bonds is 4. The molecule has 3 atom stereocenters. The highest BCUT2D eigenvalue weighted by Gasteiger charge is 2.30. The van der Waals surface area contributed by atoms with Gasteiger partial charge in [-0.1, -0.05) is 20.3 Å². The van der Waals surface area contributed by atoms with Crippen molar-refractivity contribution in [3.8, 4) is 6.07 Å². The van der Waals surface area contributed by atoms with Crippen LogP contribution in [0.25, 0.3) is 0 Å². The monoisotopic (exact) mass is 208 g/mol. The molecule has 1 aliphatic carbocycles. The van der Waals surface area contributed by atoms with Crippen LogP contribution < -0.4 is 0 Å². The fourth-order valence-electron chi connectivity index (χ4n) is 2.56. The van der Waals surface area contributed by atoms with Gasteiger partial charge in [-0.15, -0.1) is 0 Å². The third-order valence-corrected chi connectivity index (χ3v) is 3.68. The van der Waals surface area contributed by atoms with Crippen molar-refractivity contribution in [2.75, 3.05) is 13.6 Å². The average molecular weight is 208 g/mol. The van der Waals surface area contributed by atoms with Gasteiger partial charge in [0.25, 0.3) is 0 Å². The lowest BCUT2D eigenvalue weighted by atomic mass is 9.79. The molecular formula is C13H24N2. The SMILES string of the molecule is CCCCN(C)C1CC(C)CCC1C#N. The number of nitrogens with zero attached hydrogens (tertiary/aromatic N) is 2. The Morgan fingerprint density at radius 3 is 2.73 bits per heavy atom. The maximum atomic E-state index is 9.15. The summed E-state index contributed by atoms with van der Waals surface area (Å²) in [5.41, 5.74) is 0. The van der Waals surface area contributed by atoms with E-state index in [1.165, 1.54) is 25.7 Å². The summed E-state index contributed by atoms with van der Waals surface area (Å²) in [5, 5.41) is 9.15. The minimum Gasteiger partial charge on any atom is -0.302 e. The molecule has 0 heterocycles. The lowest BCUT2D eigenvalue weighted by Crippen LogP contribution is -2.41. The van der Waals surface area contributed by atoms with Crippen LogP contribution >= 0.6 is 0 Å². The zero-order valence-electron chi connectivity index (χ0n) is 10.4. The van der Waals surface area contributed by atoms with Crippen molar-refractivity contribution < 1.29 is 0 Å². The zero-order valence-corrected chi connectivity index (χ0v) is 10.4. The smallest absolute Gasteiger partial charge is 0.0672 e. The van der Waals surface area contributed by atoms with Crippen molar-refractivity contribution in [1.29, 1.82) is 5.26 Å². The van der Waals surface area contributed by atoms with Crippen LogP contribution in [0.1, 0.15) is 46.0 Å². The number of nitriles is 1. The third kappa shape index (κ3) is 3.50. The Hall–Kier alpha value is -0.550. The number of hydrogen-bond acceptors (Lipinski definition) is 2. The molecule has 3 unspecified atom stereocenters. The van der Waals surface area contributed by atoms with E-state index in [1.54, 1.807) is 0 Å². The van der Waals surface area contributed by atoms with Crippen LogP contribution in [0.5, 0.6) is 0 Å². The van der Waals surface area contributed by atoms with Gasteiger partial charge in [-0.2, -0.15) is 5.26 Å². The summed E-state index contributed by atoms with van der Waals surface area (Å²) in [4.78, 5) is 2.41. The molecule has 0 aromatic rings. The van der Waals surface area contributed by atoms with Gasteiger partial charge in [-0.3, -0.25) is 0 Å². The van der Waals surface area contributed by atoms with Gasteiger partial charge < -0.3 is 4.90 Å². The first-order valence-corrected chi connectivity index (χ1v) is 6.28. The molecule has 1 saturated carbocycles. The second-order valence-electron chi connectivity index (χ2n) is 5.06. The molecule has 0 aromatic heterocycles. The van der Waals surface area contributed by atoms with E-state index in [2.05, 4.69) is 31.9 Å². The molecule has 0 radical (unpaired) electrons. The predicted molar refractivity (Wildman–Crippen MR) is 63.4 cm³/mol. The molecule has 1 fully saturated rings. The summed E-state index contributed by atoms with van der Waals surface area (Å²) >= 11 is 0. The van der Waals surface area contributed by atoms with Crippen molar-refractivity contribution >= 4 is 0 Å². The maximum absolute atomic E-state index is 9.15. The van der Waals surface area contributed by atoms with Gasteiger partial charge >= 0.3 is 0 Å². The summed E-state index contributed by atoms with van der Waals surface area (Å²) in [6.07, 6.45) is 6.02. The first kappa shape index (κ1) is 12.5. The average Bonchev–Trinajstić information content (AvgIpc) is 2.25. The van der Waals surface area contributed by atoms with Gasteiger partial charge in [0.15, 0.2) is 0 Å². The predicted octanol–water partition coefficient (Wildman–Crippen LogP) is 3.05. The first-order chi connectivity index (χ1) is 7.19. The number of unbranched alkanes of at least 4 members (excludes halogenated alkanes) is 1. The van der Waals surface area contributed by atoms with Crippen LogP contribution in [-0.4, -0.2) is 24.5 Å². The van der Waals surface area contributed by atoms with Gasteiger partial charge in [0, 0.05) is 6.04 Å². The van der Waals surface area contributed by atoms with Crippen molar-refractivity contribution in [3.63, 3.8) is 0 Å². The van der Waals surface area contributed by atoms with E-state index in [-0.39, 0.29) is 5.92 Å². The van der Waals surface area contributed by atoms with E-state index in [9.17, 15) is 0 Å². The summed E-state index contributed by atoms with van der Waals surface area (Å²) in [5.74, 6) is 1.06. The zero-order chi connectivity index (χ0) is 11.3. The van der Waals surface area contributed by atoms with E-state index in [0.717, 1.165) is 18.9 Å². The summed E-state index contributed by atoms with van der Waals surface area (Å²) in [7, 11) is 2.18. The Kier molecular flexibility index (Phi) is 5.11. The van der Waals surface area contributed by atoms with Crippen LogP contribution in [-0.2, 0) is 0 Å². The lowest BCUT2D eigenvalue weighted by Gasteiger charge is -2.37. The van der Waals surface area contributed by atoms with Gasteiger partial charge in [0.2, 0.25) is 0 Å². The van der Waals surface area contributed by atoms with Crippen molar-refractivity contribution in [2.45, 2.75) is 52.0 Å². The molecule has 15 heavy (non-hydrogen) atoms. The quantitative estimate of drug-likeness (QED) is 0.710. The van der Waals surface area contributed by atoms with E-state index in [4.69, 9.17) is 5.26 Å². The summed E-state index contributed by atoms with van der Waals surface area (Å²) in [6.45, 7) is 5.68. The molecule has 0 N–H and O–H groups in total. The Labute approximate surface area is 94.3 Å². The van der Waals surface area contributed by atoms with Crippen molar-refractivity contribution in [1.82, 2.24) is 4.90 Å². The minimum atomic E-state index is 0.267. The van der Waals surface area contributed by atoms with E-state index in [0.29, 0.717) is 6.04 Å². The second-order valence-corrected chi connectivity index (χ2v) is 5.06. The van der Waals surface area contributed by atoms with Crippen molar-refractivity contribution in [3.05, 3.63) is 0 Å². The Bertz CT molecular complexity index is 219. The molecule has 2 nitrogen and oxygen atoms in total. The summed E-state index contributed by atoms with van der Waals surface area (Å²) < 4.78 is 0. The Balaban J connectivity index is 2.51. The van der Waals surface area contributed by atoms with Gasteiger partial charge in [-0.25, -0.2) is 0 Å². The largest absolute Gasteiger partial charge is 0.302 e. The molecule has 1 rings (SSSR count). The molecule has 0 spiro atoms. The van der Waals surface area contributed by atoms with Crippen LogP contribution in [0.15, 0.2) is 0 Å². The molecular weight excluding hydrogens is 184 g/mol. The molecule has 86 valence electrons. The Morgan fingerprint density at radius 2 is 2.13 bits per heavy atom. The molecule has 2 heteroatoms. The highest BCUT2D eigenvalue weighted by atomic mass is 15.1. The highest BCUT2D eigenvalue weighted by molar-refractivity contribution is 4.96.